The maximum atomic E-state index is 14.6. The molecule has 2 heterocycles. The van der Waals surface area contributed by atoms with E-state index in [4.69, 9.17) is 4.42 Å². The standard InChI is InChI=1S/C21H18F3NO/c1-12-14(7-9-25-16(12)11-13-5-3-2-4-6-13)17-19(23)20(24)18(22)15-8-10-26-21(15)17/h2-8,10,12,16,25H,9,11H2,1H3. The lowest BCUT2D eigenvalue weighted by atomic mass is 9.82. The molecule has 3 aromatic rings. The van der Waals surface area contributed by atoms with Gasteiger partial charge in [-0.3, -0.25) is 0 Å². The molecule has 5 heteroatoms. The van der Waals surface area contributed by atoms with Crippen molar-refractivity contribution in [2.75, 3.05) is 6.54 Å². The van der Waals surface area contributed by atoms with E-state index in [0.717, 1.165) is 12.0 Å². The quantitative estimate of drug-likeness (QED) is 0.661. The highest BCUT2D eigenvalue weighted by Gasteiger charge is 2.31. The average Bonchev–Trinajstić information content (AvgIpc) is 3.13. The summed E-state index contributed by atoms with van der Waals surface area (Å²) in [5.41, 5.74) is 1.88. The Hall–Kier alpha value is -2.53. The van der Waals surface area contributed by atoms with Crippen LogP contribution in [0, 0.1) is 23.4 Å². The van der Waals surface area contributed by atoms with E-state index < -0.39 is 17.5 Å². The Labute approximate surface area is 149 Å². The first-order chi connectivity index (χ1) is 12.6. The third-order valence-corrected chi connectivity index (χ3v) is 5.12. The van der Waals surface area contributed by atoms with Crippen molar-refractivity contribution in [3.63, 3.8) is 0 Å². The summed E-state index contributed by atoms with van der Waals surface area (Å²) in [5.74, 6) is -3.96. The van der Waals surface area contributed by atoms with Gasteiger partial charge in [-0.05, 0) is 29.5 Å². The molecule has 0 bridgehead atoms. The van der Waals surface area contributed by atoms with E-state index >= 15 is 0 Å². The molecule has 0 spiro atoms. The van der Waals surface area contributed by atoms with Crippen molar-refractivity contribution >= 4 is 16.5 Å². The Bertz CT molecular complexity index is 978. The van der Waals surface area contributed by atoms with E-state index in [1.54, 1.807) is 0 Å². The molecule has 4 rings (SSSR count). The van der Waals surface area contributed by atoms with Crippen molar-refractivity contribution in [2.45, 2.75) is 19.4 Å². The Balaban J connectivity index is 1.75. The molecule has 2 atom stereocenters. The van der Waals surface area contributed by atoms with Crippen LogP contribution in [0.3, 0.4) is 0 Å². The Morgan fingerprint density at radius 3 is 2.58 bits per heavy atom. The summed E-state index contributed by atoms with van der Waals surface area (Å²) in [6, 6.07) is 11.4. The Kier molecular flexibility index (Phi) is 4.32. The molecule has 0 saturated carbocycles. The monoisotopic (exact) mass is 357 g/mol. The van der Waals surface area contributed by atoms with Crippen LogP contribution in [0.15, 0.2) is 53.2 Å². The molecule has 1 aliphatic heterocycles. The number of furan rings is 1. The molecule has 0 fully saturated rings. The second-order valence-corrected chi connectivity index (χ2v) is 6.63. The van der Waals surface area contributed by atoms with Crippen molar-refractivity contribution in [1.82, 2.24) is 5.32 Å². The molecule has 2 nitrogen and oxygen atoms in total. The van der Waals surface area contributed by atoms with Gasteiger partial charge in [-0.2, -0.15) is 0 Å². The number of benzene rings is 2. The van der Waals surface area contributed by atoms with Gasteiger partial charge in [0.05, 0.1) is 17.2 Å². The fourth-order valence-electron chi connectivity index (χ4n) is 3.70. The van der Waals surface area contributed by atoms with Crippen molar-refractivity contribution in [2.24, 2.45) is 5.92 Å². The first-order valence-corrected chi connectivity index (χ1v) is 8.59. The predicted octanol–water partition coefficient (Wildman–Crippen LogP) is 5.08. The lowest BCUT2D eigenvalue weighted by Crippen LogP contribution is -2.41. The van der Waals surface area contributed by atoms with Crippen LogP contribution in [0.5, 0.6) is 0 Å². The number of halogens is 3. The van der Waals surface area contributed by atoms with Gasteiger partial charge >= 0.3 is 0 Å². The minimum Gasteiger partial charge on any atom is -0.463 e. The Morgan fingerprint density at radius 1 is 1.04 bits per heavy atom. The zero-order valence-corrected chi connectivity index (χ0v) is 14.2. The molecule has 1 N–H and O–H groups in total. The smallest absolute Gasteiger partial charge is 0.195 e. The van der Waals surface area contributed by atoms with Crippen molar-refractivity contribution in [1.29, 1.82) is 0 Å². The van der Waals surface area contributed by atoms with Gasteiger partial charge in [0.1, 0.15) is 5.58 Å². The van der Waals surface area contributed by atoms with Crippen LogP contribution in [0.2, 0.25) is 0 Å². The highest BCUT2D eigenvalue weighted by Crippen LogP contribution is 2.38. The number of hydrogen-bond acceptors (Lipinski definition) is 2. The number of fused-ring (bicyclic) bond motifs is 1. The summed E-state index contributed by atoms with van der Waals surface area (Å²) in [7, 11) is 0. The summed E-state index contributed by atoms with van der Waals surface area (Å²) in [4.78, 5) is 0. The predicted molar refractivity (Wildman–Crippen MR) is 95.2 cm³/mol. The van der Waals surface area contributed by atoms with Crippen LogP contribution in [-0.4, -0.2) is 12.6 Å². The van der Waals surface area contributed by atoms with Crippen LogP contribution in [-0.2, 0) is 6.42 Å². The summed E-state index contributed by atoms with van der Waals surface area (Å²) in [6.07, 6.45) is 3.83. The van der Waals surface area contributed by atoms with Gasteiger partial charge < -0.3 is 9.73 Å². The lowest BCUT2D eigenvalue weighted by Gasteiger charge is -2.32. The first-order valence-electron chi connectivity index (χ1n) is 8.59. The van der Waals surface area contributed by atoms with E-state index in [2.05, 4.69) is 5.32 Å². The maximum absolute atomic E-state index is 14.6. The van der Waals surface area contributed by atoms with Gasteiger partial charge in [-0.15, -0.1) is 0 Å². The van der Waals surface area contributed by atoms with Crippen LogP contribution in [0.25, 0.3) is 16.5 Å². The fourth-order valence-corrected chi connectivity index (χ4v) is 3.70. The van der Waals surface area contributed by atoms with Gasteiger partial charge in [-0.1, -0.05) is 43.3 Å². The van der Waals surface area contributed by atoms with E-state index in [0.29, 0.717) is 12.1 Å². The number of nitrogens with one attached hydrogen (secondary N) is 1. The highest BCUT2D eigenvalue weighted by atomic mass is 19.2. The molecule has 134 valence electrons. The molecule has 2 aromatic carbocycles. The van der Waals surface area contributed by atoms with Gasteiger partial charge in [0.15, 0.2) is 17.5 Å². The molecule has 2 unspecified atom stereocenters. The van der Waals surface area contributed by atoms with Crippen LogP contribution < -0.4 is 5.32 Å². The highest BCUT2D eigenvalue weighted by molar-refractivity contribution is 5.91. The van der Waals surface area contributed by atoms with E-state index in [9.17, 15) is 13.2 Å². The van der Waals surface area contributed by atoms with E-state index in [1.807, 2.05) is 43.3 Å². The fraction of sp³-hybridized carbons (Fsp3) is 0.238. The zero-order valence-electron chi connectivity index (χ0n) is 14.2. The summed E-state index contributed by atoms with van der Waals surface area (Å²) in [6.45, 7) is 2.49. The number of rotatable bonds is 3. The molecule has 26 heavy (non-hydrogen) atoms. The maximum Gasteiger partial charge on any atom is 0.195 e. The third kappa shape index (κ3) is 2.72. The normalized spacial score (nSPS) is 20.4. The first kappa shape index (κ1) is 16.9. The summed E-state index contributed by atoms with van der Waals surface area (Å²) >= 11 is 0. The molecule has 0 aliphatic carbocycles. The zero-order chi connectivity index (χ0) is 18.3. The third-order valence-electron chi connectivity index (χ3n) is 5.12. The molecular weight excluding hydrogens is 339 g/mol. The van der Waals surface area contributed by atoms with Gasteiger partial charge in [0, 0.05) is 12.6 Å². The van der Waals surface area contributed by atoms with Gasteiger partial charge in [-0.25, -0.2) is 13.2 Å². The van der Waals surface area contributed by atoms with Crippen LogP contribution in [0.1, 0.15) is 18.1 Å². The molecule has 1 aliphatic rings. The van der Waals surface area contributed by atoms with Crippen molar-refractivity contribution in [3.05, 3.63) is 77.3 Å². The molecule has 0 saturated heterocycles. The average molecular weight is 357 g/mol. The Morgan fingerprint density at radius 2 is 1.81 bits per heavy atom. The molecule has 1 aromatic heterocycles. The molecular formula is C21H18F3NO. The summed E-state index contributed by atoms with van der Waals surface area (Å²) in [5, 5.41) is 3.37. The topological polar surface area (TPSA) is 25.2 Å². The van der Waals surface area contributed by atoms with E-state index in [1.165, 1.54) is 12.3 Å². The molecule has 0 amide bonds. The number of hydrogen-bond donors (Lipinski definition) is 1. The SMILES string of the molecule is CC1C(c2c(F)c(F)c(F)c3ccoc23)=CCNC1Cc1ccccc1. The van der Waals surface area contributed by atoms with Crippen LogP contribution in [0.4, 0.5) is 13.2 Å². The van der Waals surface area contributed by atoms with Crippen molar-refractivity contribution < 1.29 is 17.6 Å². The second kappa shape index (κ2) is 6.65. The largest absolute Gasteiger partial charge is 0.463 e. The lowest BCUT2D eigenvalue weighted by molar-refractivity contribution is 0.429. The minimum atomic E-state index is -1.46. The second-order valence-electron chi connectivity index (χ2n) is 6.63. The minimum absolute atomic E-state index is 0.0240. The van der Waals surface area contributed by atoms with Crippen molar-refractivity contribution in [3.8, 4) is 0 Å². The summed E-state index contributed by atoms with van der Waals surface area (Å²) < 4.78 is 48.0. The van der Waals surface area contributed by atoms with Gasteiger partial charge in [0.25, 0.3) is 0 Å². The van der Waals surface area contributed by atoms with E-state index in [-0.39, 0.29) is 28.5 Å². The molecule has 0 radical (unpaired) electrons. The van der Waals surface area contributed by atoms with Gasteiger partial charge in [0.2, 0.25) is 0 Å². The van der Waals surface area contributed by atoms with Crippen LogP contribution >= 0.6 is 0 Å².